The van der Waals surface area contributed by atoms with Crippen molar-refractivity contribution < 1.29 is 9.59 Å². The molecule has 0 bridgehead atoms. The molecule has 4 rings (SSSR count). The number of amides is 2. The standard InChI is InChI=1S/C19H28N4O2S/c1-3-22-10-6-19(17(22)25)14-23(15(2)24)13-18(19)4-8-21(9-5-18)12-16-20-7-11-26-16/h7,11H,3-6,8-10,12-14H2,1-2H3. The van der Waals surface area contributed by atoms with Gasteiger partial charge in [0.25, 0.3) is 0 Å². The topological polar surface area (TPSA) is 56.8 Å². The van der Waals surface area contributed by atoms with Crippen molar-refractivity contribution in [2.45, 2.75) is 39.7 Å². The number of piperidine rings is 1. The van der Waals surface area contributed by atoms with Gasteiger partial charge in [-0.3, -0.25) is 14.5 Å². The normalized spacial score (nSPS) is 28.6. The van der Waals surface area contributed by atoms with E-state index < -0.39 is 0 Å². The minimum atomic E-state index is -0.359. The summed E-state index contributed by atoms with van der Waals surface area (Å²) < 4.78 is 0. The number of nitrogens with zero attached hydrogens (tertiary/aromatic N) is 4. The van der Waals surface area contributed by atoms with Gasteiger partial charge in [0, 0.05) is 50.1 Å². The molecule has 0 saturated carbocycles. The maximum atomic E-state index is 13.3. The Morgan fingerprint density at radius 3 is 2.58 bits per heavy atom. The average molecular weight is 377 g/mol. The summed E-state index contributed by atoms with van der Waals surface area (Å²) in [6.07, 6.45) is 4.74. The highest BCUT2D eigenvalue weighted by Crippen LogP contribution is 2.57. The van der Waals surface area contributed by atoms with Crippen LogP contribution >= 0.6 is 11.3 Å². The van der Waals surface area contributed by atoms with Crippen LogP contribution in [0.1, 0.15) is 38.1 Å². The third kappa shape index (κ3) is 2.67. The number of hydrogen-bond donors (Lipinski definition) is 0. The Labute approximate surface area is 159 Å². The fourth-order valence-corrected chi connectivity index (χ4v) is 6.02. The minimum absolute atomic E-state index is 0.0565. The van der Waals surface area contributed by atoms with Gasteiger partial charge in [-0.2, -0.15) is 0 Å². The maximum Gasteiger partial charge on any atom is 0.231 e. The number of fused-ring (bicyclic) bond motifs is 1. The predicted molar refractivity (Wildman–Crippen MR) is 101 cm³/mol. The van der Waals surface area contributed by atoms with E-state index in [-0.39, 0.29) is 22.6 Å². The summed E-state index contributed by atoms with van der Waals surface area (Å²) in [5.41, 5.74) is -0.416. The summed E-state index contributed by atoms with van der Waals surface area (Å²) in [7, 11) is 0. The first-order chi connectivity index (χ1) is 12.5. The van der Waals surface area contributed by atoms with Gasteiger partial charge in [-0.1, -0.05) is 0 Å². The molecule has 6 nitrogen and oxygen atoms in total. The molecule has 3 fully saturated rings. The van der Waals surface area contributed by atoms with Crippen LogP contribution in [0, 0.1) is 10.8 Å². The average Bonchev–Trinajstić information content (AvgIpc) is 3.32. The van der Waals surface area contributed by atoms with Crippen molar-refractivity contribution in [1.29, 1.82) is 0 Å². The summed E-state index contributed by atoms with van der Waals surface area (Å²) in [4.78, 5) is 36.2. The van der Waals surface area contributed by atoms with E-state index in [0.29, 0.717) is 6.54 Å². The summed E-state index contributed by atoms with van der Waals surface area (Å²) in [5.74, 6) is 0.395. The number of carbonyl (C=O) groups excluding carboxylic acids is 2. The number of aromatic nitrogens is 1. The zero-order valence-corrected chi connectivity index (χ0v) is 16.6. The summed E-state index contributed by atoms with van der Waals surface area (Å²) in [6.45, 7) is 9.52. The van der Waals surface area contributed by atoms with Crippen molar-refractivity contribution >= 4 is 23.2 Å². The van der Waals surface area contributed by atoms with Crippen LogP contribution in [0.15, 0.2) is 11.6 Å². The largest absolute Gasteiger partial charge is 0.342 e. The predicted octanol–water partition coefficient (Wildman–Crippen LogP) is 1.83. The van der Waals surface area contributed by atoms with Crippen LogP contribution in [-0.2, 0) is 16.1 Å². The molecule has 1 aromatic rings. The van der Waals surface area contributed by atoms with Gasteiger partial charge in [0.2, 0.25) is 11.8 Å². The smallest absolute Gasteiger partial charge is 0.231 e. The first-order valence-electron chi connectivity index (χ1n) is 9.65. The highest BCUT2D eigenvalue weighted by Gasteiger charge is 2.65. The molecule has 1 aromatic heterocycles. The zero-order valence-electron chi connectivity index (χ0n) is 15.7. The summed E-state index contributed by atoms with van der Waals surface area (Å²) in [5, 5.41) is 3.18. The van der Waals surface area contributed by atoms with Crippen LogP contribution in [0.5, 0.6) is 0 Å². The van der Waals surface area contributed by atoms with Gasteiger partial charge in [-0.15, -0.1) is 11.3 Å². The SMILES string of the molecule is CCN1CCC2(CN(C(C)=O)CC23CCN(Cc2nccs2)CC3)C1=O. The van der Waals surface area contributed by atoms with Gasteiger partial charge >= 0.3 is 0 Å². The molecular formula is C19H28N4O2S. The third-order valence-corrected chi connectivity index (χ3v) is 7.72. The summed E-state index contributed by atoms with van der Waals surface area (Å²) >= 11 is 1.70. The van der Waals surface area contributed by atoms with E-state index in [4.69, 9.17) is 0 Å². The lowest BCUT2D eigenvalue weighted by Gasteiger charge is -2.46. The Morgan fingerprint density at radius 2 is 2.00 bits per heavy atom. The molecule has 26 heavy (non-hydrogen) atoms. The molecule has 0 N–H and O–H groups in total. The van der Waals surface area contributed by atoms with Crippen LogP contribution in [0.2, 0.25) is 0 Å². The van der Waals surface area contributed by atoms with Gasteiger partial charge in [-0.05, 0) is 39.3 Å². The quantitative estimate of drug-likeness (QED) is 0.808. The molecule has 7 heteroatoms. The van der Waals surface area contributed by atoms with Crippen LogP contribution < -0.4 is 0 Å². The molecule has 0 aliphatic carbocycles. The molecule has 2 spiro atoms. The van der Waals surface area contributed by atoms with Crippen LogP contribution in [-0.4, -0.2) is 70.8 Å². The molecule has 3 aliphatic heterocycles. The Hall–Kier alpha value is -1.47. The lowest BCUT2D eigenvalue weighted by atomic mass is 9.60. The Balaban J connectivity index is 1.55. The second kappa shape index (κ2) is 6.60. The first-order valence-corrected chi connectivity index (χ1v) is 10.5. The van der Waals surface area contributed by atoms with Gasteiger partial charge in [-0.25, -0.2) is 4.98 Å². The van der Waals surface area contributed by atoms with Crippen molar-refractivity contribution in [3.8, 4) is 0 Å². The van der Waals surface area contributed by atoms with Gasteiger partial charge in [0.1, 0.15) is 5.01 Å². The fraction of sp³-hybridized carbons (Fsp3) is 0.737. The number of carbonyl (C=O) groups is 2. The van der Waals surface area contributed by atoms with Crippen molar-refractivity contribution in [2.24, 2.45) is 10.8 Å². The van der Waals surface area contributed by atoms with E-state index in [9.17, 15) is 9.59 Å². The number of rotatable bonds is 3. The molecular weight excluding hydrogens is 348 g/mol. The molecule has 1 unspecified atom stereocenters. The second-order valence-corrected chi connectivity index (χ2v) is 9.05. The number of hydrogen-bond acceptors (Lipinski definition) is 5. The molecule has 1 atom stereocenters. The van der Waals surface area contributed by atoms with E-state index in [1.165, 1.54) is 0 Å². The Morgan fingerprint density at radius 1 is 1.23 bits per heavy atom. The van der Waals surface area contributed by atoms with Crippen molar-refractivity contribution in [2.75, 3.05) is 39.3 Å². The van der Waals surface area contributed by atoms with Crippen LogP contribution in [0.25, 0.3) is 0 Å². The zero-order chi connectivity index (χ0) is 18.4. The van der Waals surface area contributed by atoms with E-state index in [2.05, 4.69) is 16.8 Å². The van der Waals surface area contributed by atoms with Gasteiger partial charge < -0.3 is 9.80 Å². The highest BCUT2D eigenvalue weighted by atomic mass is 32.1. The van der Waals surface area contributed by atoms with Crippen LogP contribution in [0.4, 0.5) is 0 Å². The molecule has 3 saturated heterocycles. The third-order valence-electron chi connectivity index (χ3n) is 6.96. The monoisotopic (exact) mass is 376 g/mol. The van der Waals surface area contributed by atoms with Crippen molar-refractivity contribution in [3.63, 3.8) is 0 Å². The van der Waals surface area contributed by atoms with E-state index >= 15 is 0 Å². The molecule has 142 valence electrons. The second-order valence-electron chi connectivity index (χ2n) is 8.07. The van der Waals surface area contributed by atoms with E-state index in [1.54, 1.807) is 18.3 Å². The number of thiazole rings is 1. The van der Waals surface area contributed by atoms with Crippen molar-refractivity contribution in [3.05, 3.63) is 16.6 Å². The van der Waals surface area contributed by atoms with E-state index in [1.807, 2.05) is 21.4 Å². The lowest BCUT2D eigenvalue weighted by molar-refractivity contribution is -0.142. The van der Waals surface area contributed by atoms with Gasteiger partial charge in [0.15, 0.2) is 0 Å². The van der Waals surface area contributed by atoms with Crippen molar-refractivity contribution in [1.82, 2.24) is 19.7 Å². The molecule has 0 radical (unpaired) electrons. The molecule has 3 aliphatic rings. The Bertz CT molecular complexity index is 684. The minimum Gasteiger partial charge on any atom is -0.342 e. The lowest BCUT2D eigenvalue weighted by Crippen LogP contribution is -2.52. The molecule has 0 aromatic carbocycles. The fourth-order valence-electron chi connectivity index (χ4n) is 5.36. The maximum absolute atomic E-state index is 13.3. The first kappa shape index (κ1) is 17.9. The summed E-state index contributed by atoms with van der Waals surface area (Å²) in [6, 6.07) is 0. The van der Waals surface area contributed by atoms with Crippen LogP contribution in [0.3, 0.4) is 0 Å². The number of likely N-dealkylation sites (tertiary alicyclic amines) is 3. The van der Waals surface area contributed by atoms with Gasteiger partial charge in [0.05, 0.1) is 12.0 Å². The molecule has 2 amide bonds. The molecule has 4 heterocycles. The highest BCUT2D eigenvalue weighted by molar-refractivity contribution is 7.09. The van der Waals surface area contributed by atoms with E-state index in [0.717, 1.165) is 63.5 Å². The Kier molecular flexibility index (Phi) is 4.55.